The minimum Gasteiger partial charge on any atom is -0.358 e. The number of hydrogen-bond donors (Lipinski definition) is 1. The van der Waals surface area contributed by atoms with E-state index in [1.807, 2.05) is 13.8 Å². The van der Waals surface area contributed by atoms with Gasteiger partial charge in [0.2, 0.25) is 5.91 Å². The molecule has 0 saturated carbocycles. The minimum atomic E-state index is -0.116. The topological polar surface area (TPSA) is 80.3 Å². The maximum atomic E-state index is 10.4. The van der Waals surface area contributed by atoms with Crippen molar-refractivity contribution in [3.8, 4) is 0 Å². The Morgan fingerprint density at radius 1 is 0.850 bits per heavy atom. The average Bonchev–Trinajstić information content (AvgIpc) is 2.36. The Balaban J connectivity index is -0.000000109. The molecule has 20 heavy (non-hydrogen) atoms. The second-order valence-electron chi connectivity index (χ2n) is 2.94. The highest BCUT2D eigenvalue weighted by molar-refractivity contribution is 8.14. The summed E-state index contributed by atoms with van der Waals surface area (Å²) in [6, 6.07) is 0. The third-order valence-electron chi connectivity index (χ3n) is 1.16. The molecule has 0 rings (SSSR count). The van der Waals surface area contributed by atoms with Crippen molar-refractivity contribution in [1.82, 2.24) is 5.32 Å². The first-order chi connectivity index (χ1) is 8.79. The summed E-state index contributed by atoms with van der Waals surface area (Å²) < 4.78 is 0. The maximum absolute atomic E-state index is 10.4. The molecule has 0 aliphatic heterocycles. The molecule has 0 spiro atoms. The van der Waals surface area contributed by atoms with Crippen molar-refractivity contribution >= 4 is 45.4 Å². The molecule has 0 aromatic carbocycles. The zero-order valence-corrected chi connectivity index (χ0v) is 14.0. The standard InChI is InChI=1S/C5H9NO2S.C5H8O2S.C2H6.CH4/c1-4(7)9-3-5(8)6-2;1-4(6)3-8-5(2)7;1-2;/h3H2,1-2H3,(H,6,8);3H2,1-2H3;1-2H3;1H4. The van der Waals surface area contributed by atoms with Gasteiger partial charge in [0.15, 0.2) is 10.2 Å². The molecule has 120 valence electrons. The second kappa shape index (κ2) is 20.5. The summed E-state index contributed by atoms with van der Waals surface area (Å²) in [6.07, 6.45) is 0. The first-order valence-electron chi connectivity index (χ1n) is 5.76. The lowest BCUT2D eigenvalue weighted by Gasteiger charge is -1.93. The summed E-state index contributed by atoms with van der Waals surface area (Å²) in [7, 11) is 1.54. The van der Waals surface area contributed by atoms with E-state index in [-0.39, 0.29) is 35.1 Å². The van der Waals surface area contributed by atoms with Crippen molar-refractivity contribution in [2.75, 3.05) is 18.6 Å². The van der Waals surface area contributed by atoms with E-state index in [1.54, 1.807) is 7.05 Å². The van der Waals surface area contributed by atoms with Gasteiger partial charge >= 0.3 is 0 Å². The molecule has 0 aromatic heterocycles. The van der Waals surface area contributed by atoms with E-state index >= 15 is 0 Å². The average molecular weight is 325 g/mol. The fraction of sp³-hybridized carbons (Fsp3) is 0.692. The highest BCUT2D eigenvalue weighted by atomic mass is 32.2. The predicted octanol–water partition coefficient (Wildman–Crippen LogP) is 2.53. The van der Waals surface area contributed by atoms with Gasteiger partial charge < -0.3 is 5.32 Å². The third-order valence-corrected chi connectivity index (χ3v) is 2.93. The molecule has 0 fully saturated rings. The number of amides is 1. The van der Waals surface area contributed by atoms with Gasteiger partial charge in [-0.2, -0.15) is 0 Å². The van der Waals surface area contributed by atoms with Gasteiger partial charge in [-0.05, 0) is 6.92 Å². The van der Waals surface area contributed by atoms with Crippen LogP contribution in [0.1, 0.15) is 42.0 Å². The Hall–Kier alpha value is -0.820. The quantitative estimate of drug-likeness (QED) is 0.855. The van der Waals surface area contributed by atoms with Crippen LogP contribution in [-0.4, -0.2) is 40.5 Å². The highest BCUT2D eigenvalue weighted by Crippen LogP contribution is 1.99. The van der Waals surface area contributed by atoms with E-state index in [4.69, 9.17) is 0 Å². The van der Waals surface area contributed by atoms with E-state index in [0.717, 1.165) is 23.5 Å². The number of ketones is 1. The van der Waals surface area contributed by atoms with E-state index in [9.17, 15) is 19.2 Å². The predicted molar refractivity (Wildman–Crippen MR) is 89.1 cm³/mol. The van der Waals surface area contributed by atoms with Crippen molar-refractivity contribution in [3.05, 3.63) is 0 Å². The molecule has 0 aromatic rings. The molecule has 0 bridgehead atoms. The fourth-order valence-corrected chi connectivity index (χ4v) is 1.33. The molecule has 0 aliphatic rings. The van der Waals surface area contributed by atoms with Crippen LogP contribution < -0.4 is 5.32 Å². The van der Waals surface area contributed by atoms with Crippen LogP contribution in [-0.2, 0) is 19.2 Å². The van der Waals surface area contributed by atoms with Crippen LogP contribution >= 0.6 is 23.5 Å². The van der Waals surface area contributed by atoms with Crippen LogP contribution in [0.2, 0.25) is 0 Å². The summed E-state index contributed by atoms with van der Waals surface area (Å²) in [6.45, 7) is 8.36. The Labute approximate surface area is 131 Å². The van der Waals surface area contributed by atoms with Crippen LogP contribution in [0.5, 0.6) is 0 Å². The Morgan fingerprint density at radius 2 is 1.20 bits per heavy atom. The number of carbonyl (C=O) groups excluding carboxylic acids is 4. The van der Waals surface area contributed by atoms with E-state index in [1.165, 1.54) is 20.8 Å². The first-order valence-corrected chi connectivity index (χ1v) is 7.73. The van der Waals surface area contributed by atoms with Gasteiger partial charge in [-0.3, -0.25) is 19.2 Å². The van der Waals surface area contributed by atoms with E-state index < -0.39 is 0 Å². The summed E-state index contributed by atoms with van der Waals surface area (Å²) in [4.78, 5) is 41.0. The molecule has 0 unspecified atom stereocenters. The summed E-state index contributed by atoms with van der Waals surface area (Å²) in [5.41, 5.74) is 0. The monoisotopic (exact) mass is 325 g/mol. The Kier molecular flexibility index (Phi) is 28.2. The van der Waals surface area contributed by atoms with Crippen LogP contribution in [0, 0.1) is 0 Å². The molecule has 5 nitrogen and oxygen atoms in total. The molecule has 0 atom stereocenters. The van der Waals surface area contributed by atoms with Gasteiger partial charge in [0, 0.05) is 20.9 Å². The zero-order chi connectivity index (χ0) is 15.8. The molecule has 0 radical (unpaired) electrons. The normalized spacial score (nSPS) is 7.70. The summed E-state index contributed by atoms with van der Waals surface area (Å²) in [5.74, 6) is 0.474. The molecule has 1 amide bonds. The molecule has 7 heteroatoms. The number of rotatable bonds is 4. The van der Waals surface area contributed by atoms with Crippen molar-refractivity contribution in [2.45, 2.75) is 42.0 Å². The van der Waals surface area contributed by atoms with Crippen molar-refractivity contribution in [1.29, 1.82) is 0 Å². The van der Waals surface area contributed by atoms with Crippen LogP contribution in [0.15, 0.2) is 0 Å². The van der Waals surface area contributed by atoms with E-state index in [2.05, 4.69) is 5.32 Å². The Bertz CT molecular complexity index is 280. The van der Waals surface area contributed by atoms with Crippen LogP contribution in [0.25, 0.3) is 0 Å². The van der Waals surface area contributed by atoms with Gasteiger partial charge in [-0.15, -0.1) is 0 Å². The van der Waals surface area contributed by atoms with E-state index in [0.29, 0.717) is 5.75 Å². The highest BCUT2D eigenvalue weighted by Gasteiger charge is 1.99. The summed E-state index contributed by atoms with van der Waals surface area (Å²) >= 11 is 2.06. The molecule has 1 N–H and O–H groups in total. The van der Waals surface area contributed by atoms with Gasteiger partial charge in [-0.25, -0.2) is 0 Å². The maximum Gasteiger partial charge on any atom is 0.230 e. The number of nitrogens with one attached hydrogen (secondary N) is 1. The fourth-order valence-electron chi connectivity index (χ4n) is 0.443. The number of thioether (sulfide) groups is 2. The second-order valence-corrected chi connectivity index (χ2v) is 5.24. The minimum absolute atomic E-state index is 0. The number of hydrogen-bond acceptors (Lipinski definition) is 6. The zero-order valence-electron chi connectivity index (χ0n) is 12.4. The Morgan fingerprint density at radius 3 is 1.40 bits per heavy atom. The first kappa shape index (κ1) is 27.5. The lowest BCUT2D eigenvalue weighted by molar-refractivity contribution is -0.118. The molecular weight excluding hydrogens is 298 g/mol. The van der Waals surface area contributed by atoms with Crippen LogP contribution in [0.3, 0.4) is 0 Å². The van der Waals surface area contributed by atoms with Gasteiger partial charge in [-0.1, -0.05) is 44.8 Å². The van der Waals surface area contributed by atoms with Crippen LogP contribution in [0.4, 0.5) is 0 Å². The third kappa shape index (κ3) is 36.0. The van der Waals surface area contributed by atoms with Crippen molar-refractivity contribution in [3.63, 3.8) is 0 Å². The molecule has 0 aliphatic carbocycles. The largest absolute Gasteiger partial charge is 0.358 e. The number of carbonyl (C=O) groups is 4. The molecule has 0 saturated heterocycles. The van der Waals surface area contributed by atoms with Gasteiger partial charge in [0.25, 0.3) is 0 Å². The van der Waals surface area contributed by atoms with Gasteiger partial charge in [0.05, 0.1) is 11.5 Å². The van der Waals surface area contributed by atoms with Crippen molar-refractivity contribution in [2.24, 2.45) is 0 Å². The molecular formula is C13H27NO4S2. The van der Waals surface area contributed by atoms with Gasteiger partial charge in [0.1, 0.15) is 5.78 Å². The number of Topliss-reactive ketones (excluding diaryl/α,β-unsaturated/α-hetero) is 1. The van der Waals surface area contributed by atoms with Crippen molar-refractivity contribution < 1.29 is 19.2 Å². The lowest BCUT2D eigenvalue weighted by atomic mass is 10.5. The summed E-state index contributed by atoms with van der Waals surface area (Å²) in [5, 5.41) is 2.38. The lowest BCUT2D eigenvalue weighted by Crippen LogP contribution is -2.20. The smallest absolute Gasteiger partial charge is 0.230 e. The SMILES string of the molecule is C.CC.CC(=O)CSC(C)=O.CNC(=O)CSC(C)=O. The molecule has 0 heterocycles.